The lowest BCUT2D eigenvalue weighted by molar-refractivity contribution is -0.00450. The van der Waals surface area contributed by atoms with Gasteiger partial charge in [-0.3, -0.25) is 0 Å². The molecule has 0 saturated heterocycles. The molecule has 0 aliphatic rings. The Morgan fingerprint density at radius 3 is 2.52 bits per heavy atom. The summed E-state index contributed by atoms with van der Waals surface area (Å²) in [6.07, 6.45) is -0.709. The molecule has 6 heteroatoms. The molecule has 0 fully saturated rings. The van der Waals surface area contributed by atoms with Gasteiger partial charge in [-0.1, -0.05) is 6.07 Å². The van der Waals surface area contributed by atoms with Crippen molar-refractivity contribution >= 4 is 0 Å². The van der Waals surface area contributed by atoms with Crippen LogP contribution in [0.5, 0.6) is 11.5 Å². The third kappa shape index (κ3) is 6.31. The molecule has 1 aromatic carbocycles. The van der Waals surface area contributed by atoms with Gasteiger partial charge >= 0.3 is 0 Å². The first kappa shape index (κ1) is 17.7. The van der Waals surface area contributed by atoms with Crippen molar-refractivity contribution in [3.8, 4) is 11.5 Å². The van der Waals surface area contributed by atoms with Gasteiger partial charge in [0.1, 0.15) is 12.7 Å². The fourth-order valence-corrected chi connectivity index (χ4v) is 1.68. The molecule has 3 N–H and O–H groups in total. The maximum Gasteiger partial charge on any atom is 0.161 e. The number of hydrogen-bond donors (Lipinski definition) is 2. The standard InChI is InChI=1S/C15H25NO5/c1-11(16)12-4-5-14(15(8-12)19-3)21-10-13(17)9-20-7-6-18-2/h4-5,8,11,13,17H,6-7,9-10,16H2,1-3H3/t11-,13?/m0/s1. The molecule has 120 valence electrons. The van der Waals surface area contributed by atoms with Gasteiger partial charge < -0.3 is 29.8 Å². The molecule has 0 heterocycles. The van der Waals surface area contributed by atoms with Gasteiger partial charge in [-0.25, -0.2) is 0 Å². The van der Waals surface area contributed by atoms with Crippen molar-refractivity contribution in [1.29, 1.82) is 0 Å². The molecule has 0 spiro atoms. The number of benzene rings is 1. The Hall–Kier alpha value is -1.34. The number of hydrogen-bond acceptors (Lipinski definition) is 6. The third-order valence-corrected chi connectivity index (χ3v) is 2.89. The van der Waals surface area contributed by atoms with Crippen LogP contribution in [0.25, 0.3) is 0 Å². The molecular weight excluding hydrogens is 274 g/mol. The van der Waals surface area contributed by atoms with Crippen molar-refractivity contribution in [2.24, 2.45) is 5.73 Å². The van der Waals surface area contributed by atoms with Crippen molar-refractivity contribution in [3.63, 3.8) is 0 Å². The lowest BCUT2D eigenvalue weighted by atomic mass is 10.1. The minimum atomic E-state index is -0.709. The lowest BCUT2D eigenvalue weighted by Gasteiger charge is -2.16. The van der Waals surface area contributed by atoms with Crippen LogP contribution in [0.3, 0.4) is 0 Å². The van der Waals surface area contributed by atoms with E-state index in [-0.39, 0.29) is 19.3 Å². The van der Waals surface area contributed by atoms with E-state index in [0.29, 0.717) is 24.7 Å². The highest BCUT2D eigenvalue weighted by Gasteiger charge is 2.11. The minimum Gasteiger partial charge on any atom is -0.493 e. The first-order valence-corrected chi connectivity index (χ1v) is 6.89. The van der Waals surface area contributed by atoms with Crippen molar-refractivity contribution in [2.45, 2.75) is 19.1 Å². The summed E-state index contributed by atoms with van der Waals surface area (Å²) in [5.74, 6) is 1.16. The summed E-state index contributed by atoms with van der Waals surface area (Å²) in [5.41, 5.74) is 6.79. The van der Waals surface area contributed by atoms with E-state index in [2.05, 4.69) is 0 Å². The van der Waals surface area contributed by atoms with E-state index in [9.17, 15) is 5.11 Å². The highest BCUT2D eigenvalue weighted by Crippen LogP contribution is 2.29. The van der Waals surface area contributed by atoms with Gasteiger partial charge in [0.15, 0.2) is 11.5 Å². The highest BCUT2D eigenvalue weighted by molar-refractivity contribution is 5.43. The van der Waals surface area contributed by atoms with Crippen molar-refractivity contribution in [2.75, 3.05) is 40.6 Å². The quantitative estimate of drug-likeness (QED) is 0.630. The Bertz CT molecular complexity index is 411. The Labute approximate surface area is 125 Å². The van der Waals surface area contributed by atoms with Crippen LogP contribution in [0.15, 0.2) is 18.2 Å². The second-order valence-corrected chi connectivity index (χ2v) is 4.73. The second kappa shape index (κ2) is 9.57. The first-order chi connectivity index (χ1) is 10.1. The van der Waals surface area contributed by atoms with Crippen molar-refractivity contribution < 1.29 is 24.1 Å². The molecule has 0 saturated carbocycles. The number of nitrogens with two attached hydrogens (primary N) is 1. The number of methoxy groups -OCH3 is 2. The van der Waals surface area contributed by atoms with Gasteiger partial charge in [-0.2, -0.15) is 0 Å². The molecule has 1 rings (SSSR count). The molecule has 21 heavy (non-hydrogen) atoms. The molecule has 0 aliphatic carbocycles. The molecule has 0 amide bonds. The SMILES string of the molecule is COCCOCC(O)COc1ccc([C@H](C)N)cc1OC. The van der Waals surface area contributed by atoms with E-state index < -0.39 is 6.10 Å². The van der Waals surface area contributed by atoms with Crippen LogP contribution in [0.4, 0.5) is 0 Å². The Kier molecular flexibility index (Phi) is 8.07. The second-order valence-electron chi connectivity index (χ2n) is 4.73. The molecule has 0 radical (unpaired) electrons. The summed E-state index contributed by atoms with van der Waals surface area (Å²) < 4.78 is 20.9. The number of aliphatic hydroxyl groups excluding tert-OH is 1. The number of rotatable bonds is 10. The molecule has 0 aliphatic heterocycles. The van der Waals surface area contributed by atoms with Gasteiger partial charge in [-0.05, 0) is 24.6 Å². The third-order valence-electron chi connectivity index (χ3n) is 2.89. The zero-order valence-electron chi connectivity index (χ0n) is 12.9. The Balaban J connectivity index is 2.47. The zero-order chi connectivity index (χ0) is 15.7. The summed E-state index contributed by atoms with van der Waals surface area (Å²) in [7, 11) is 3.17. The number of ether oxygens (including phenoxy) is 4. The van der Waals surface area contributed by atoms with Gasteiger partial charge in [0.05, 0.1) is 26.9 Å². The van der Waals surface area contributed by atoms with Crippen LogP contribution in [0.2, 0.25) is 0 Å². The molecule has 0 bridgehead atoms. The molecule has 6 nitrogen and oxygen atoms in total. The average molecular weight is 299 g/mol. The van der Waals surface area contributed by atoms with E-state index in [1.54, 1.807) is 20.3 Å². The average Bonchev–Trinajstić information content (AvgIpc) is 2.49. The van der Waals surface area contributed by atoms with Crippen LogP contribution < -0.4 is 15.2 Å². The van der Waals surface area contributed by atoms with Crippen LogP contribution >= 0.6 is 0 Å². The zero-order valence-corrected chi connectivity index (χ0v) is 12.9. The predicted octanol–water partition coefficient (Wildman–Crippen LogP) is 1.12. The fourth-order valence-electron chi connectivity index (χ4n) is 1.68. The van der Waals surface area contributed by atoms with Gasteiger partial charge in [-0.15, -0.1) is 0 Å². The summed E-state index contributed by atoms with van der Waals surface area (Å²) in [6, 6.07) is 5.43. The van der Waals surface area contributed by atoms with Crippen LogP contribution in [-0.2, 0) is 9.47 Å². The summed E-state index contributed by atoms with van der Waals surface area (Å²) in [4.78, 5) is 0. The maximum atomic E-state index is 9.76. The Morgan fingerprint density at radius 1 is 1.14 bits per heavy atom. The molecule has 1 unspecified atom stereocenters. The normalized spacial score (nSPS) is 13.8. The summed E-state index contributed by atoms with van der Waals surface area (Å²) in [6.45, 7) is 3.17. The van der Waals surface area contributed by atoms with E-state index in [4.69, 9.17) is 24.7 Å². The lowest BCUT2D eigenvalue weighted by Crippen LogP contribution is -2.24. The van der Waals surface area contributed by atoms with E-state index in [1.165, 1.54) is 0 Å². The largest absolute Gasteiger partial charge is 0.493 e. The molecule has 0 aromatic heterocycles. The predicted molar refractivity (Wildman–Crippen MR) is 79.8 cm³/mol. The van der Waals surface area contributed by atoms with Crippen LogP contribution in [0.1, 0.15) is 18.5 Å². The maximum absolute atomic E-state index is 9.76. The monoisotopic (exact) mass is 299 g/mol. The molecular formula is C15H25NO5. The molecule has 1 aromatic rings. The number of aliphatic hydroxyl groups is 1. The molecule has 2 atom stereocenters. The fraction of sp³-hybridized carbons (Fsp3) is 0.600. The smallest absolute Gasteiger partial charge is 0.161 e. The minimum absolute atomic E-state index is 0.0762. The van der Waals surface area contributed by atoms with Gasteiger partial charge in [0.25, 0.3) is 0 Å². The first-order valence-electron chi connectivity index (χ1n) is 6.89. The van der Waals surface area contributed by atoms with E-state index in [1.807, 2.05) is 19.1 Å². The summed E-state index contributed by atoms with van der Waals surface area (Å²) >= 11 is 0. The highest BCUT2D eigenvalue weighted by atomic mass is 16.5. The van der Waals surface area contributed by atoms with Crippen molar-refractivity contribution in [1.82, 2.24) is 0 Å². The van der Waals surface area contributed by atoms with Gasteiger partial charge in [0.2, 0.25) is 0 Å². The van der Waals surface area contributed by atoms with Crippen LogP contribution in [0, 0.1) is 0 Å². The Morgan fingerprint density at radius 2 is 1.90 bits per heavy atom. The van der Waals surface area contributed by atoms with Crippen LogP contribution in [-0.4, -0.2) is 51.9 Å². The summed E-state index contributed by atoms with van der Waals surface area (Å²) in [5, 5.41) is 9.76. The van der Waals surface area contributed by atoms with E-state index >= 15 is 0 Å². The van der Waals surface area contributed by atoms with Gasteiger partial charge in [0, 0.05) is 13.2 Å². The topological polar surface area (TPSA) is 83.2 Å². The van der Waals surface area contributed by atoms with Crippen molar-refractivity contribution in [3.05, 3.63) is 23.8 Å². The van der Waals surface area contributed by atoms with E-state index in [0.717, 1.165) is 5.56 Å².